The lowest BCUT2D eigenvalue weighted by Gasteiger charge is -2.06. The van der Waals surface area contributed by atoms with E-state index in [-0.39, 0.29) is 29.5 Å². The Labute approximate surface area is 108 Å². The number of amides is 1. The molecule has 0 aliphatic heterocycles. The van der Waals surface area contributed by atoms with Gasteiger partial charge in [0.2, 0.25) is 5.91 Å². The van der Waals surface area contributed by atoms with Crippen LogP contribution >= 0.6 is 11.6 Å². The maximum Gasteiger partial charge on any atom is 0.294 e. The van der Waals surface area contributed by atoms with Gasteiger partial charge in [-0.2, -0.15) is 0 Å². The van der Waals surface area contributed by atoms with E-state index in [0.717, 1.165) is 0 Å². The van der Waals surface area contributed by atoms with Gasteiger partial charge in [0.25, 0.3) is 5.69 Å². The Bertz CT molecular complexity index is 511. The van der Waals surface area contributed by atoms with Crippen LogP contribution in [0.15, 0.2) is 18.2 Å². The second-order valence-corrected chi connectivity index (χ2v) is 3.71. The fraction of sp³-hybridized carbons (Fsp3) is 0.182. The maximum absolute atomic E-state index is 11.4. The number of carbonyl (C=O) groups excluding carboxylic acids is 1. The number of hydrogen-bond acceptors (Lipinski definition) is 4. The van der Waals surface area contributed by atoms with Gasteiger partial charge in [0, 0.05) is 11.1 Å². The molecule has 6 nitrogen and oxygen atoms in total. The third-order valence-corrected chi connectivity index (χ3v) is 2.18. The van der Waals surface area contributed by atoms with E-state index in [0.29, 0.717) is 0 Å². The number of halogens is 1. The molecule has 0 fully saturated rings. The van der Waals surface area contributed by atoms with Crippen molar-refractivity contribution in [1.29, 1.82) is 0 Å². The van der Waals surface area contributed by atoms with E-state index in [2.05, 4.69) is 16.6 Å². The molecule has 0 radical (unpaired) electrons. The number of anilines is 1. The average molecular weight is 268 g/mol. The molecule has 0 heterocycles. The molecule has 1 amide bonds. The molecular formula is C11H10ClN3O3. The first-order valence-electron chi connectivity index (χ1n) is 4.92. The fourth-order valence-electron chi connectivity index (χ4n) is 1.20. The van der Waals surface area contributed by atoms with Gasteiger partial charge >= 0.3 is 0 Å². The lowest BCUT2D eigenvalue weighted by atomic mass is 10.2. The standard InChI is InChI=1S/C11H10ClN3O3/c1-2-5-13-7-11(16)14-9-4-3-8(12)6-10(9)15(17)18/h1,3-4,6,13H,5,7H2,(H,14,16). The van der Waals surface area contributed by atoms with Crippen LogP contribution in [0.4, 0.5) is 11.4 Å². The highest BCUT2D eigenvalue weighted by Crippen LogP contribution is 2.27. The van der Waals surface area contributed by atoms with Gasteiger partial charge in [-0.1, -0.05) is 17.5 Å². The first-order chi connectivity index (χ1) is 8.54. The van der Waals surface area contributed by atoms with Gasteiger partial charge < -0.3 is 5.32 Å². The van der Waals surface area contributed by atoms with Gasteiger partial charge in [-0.05, 0) is 12.1 Å². The molecule has 0 unspecified atom stereocenters. The van der Waals surface area contributed by atoms with Crippen molar-refractivity contribution >= 4 is 28.9 Å². The predicted molar refractivity (Wildman–Crippen MR) is 68.4 cm³/mol. The van der Waals surface area contributed by atoms with Crippen LogP contribution in [0.2, 0.25) is 5.02 Å². The summed E-state index contributed by atoms with van der Waals surface area (Å²) >= 11 is 5.65. The summed E-state index contributed by atoms with van der Waals surface area (Å²) in [5.41, 5.74) is -0.162. The number of nitrogens with one attached hydrogen (secondary N) is 2. The minimum absolute atomic E-state index is 0.0238. The lowest BCUT2D eigenvalue weighted by molar-refractivity contribution is -0.383. The summed E-state index contributed by atoms with van der Waals surface area (Å²) in [4.78, 5) is 21.6. The topological polar surface area (TPSA) is 84.3 Å². The Hall–Kier alpha value is -2.10. The number of hydrogen-bond donors (Lipinski definition) is 2. The zero-order chi connectivity index (χ0) is 13.5. The second-order valence-electron chi connectivity index (χ2n) is 3.27. The highest BCUT2D eigenvalue weighted by atomic mass is 35.5. The van der Waals surface area contributed by atoms with Gasteiger partial charge in [-0.25, -0.2) is 0 Å². The summed E-state index contributed by atoms with van der Waals surface area (Å²) in [7, 11) is 0. The van der Waals surface area contributed by atoms with Crippen molar-refractivity contribution in [3.63, 3.8) is 0 Å². The highest BCUT2D eigenvalue weighted by Gasteiger charge is 2.15. The number of carbonyl (C=O) groups is 1. The zero-order valence-electron chi connectivity index (χ0n) is 9.27. The van der Waals surface area contributed by atoms with E-state index in [1.165, 1.54) is 18.2 Å². The van der Waals surface area contributed by atoms with Crippen molar-refractivity contribution in [1.82, 2.24) is 5.32 Å². The molecule has 1 rings (SSSR count). The molecule has 7 heteroatoms. The molecule has 0 atom stereocenters. The van der Waals surface area contributed by atoms with Crippen molar-refractivity contribution < 1.29 is 9.72 Å². The Kier molecular flexibility index (Phi) is 5.11. The quantitative estimate of drug-likeness (QED) is 0.366. The van der Waals surface area contributed by atoms with Crippen LogP contribution in [0.25, 0.3) is 0 Å². The summed E-state index contributed by atoms with van der Waals surface area (Å²) in [6.07, 6.45) is 5.00. The molecule has 0 saturated heterocycles. The van der Waals surface area contributed by atoms with Crippen LogP contribution in [-0.2, 0) is 4.79 Å². The molecule has 18 heavy (non-hydrogen) atoms. The normalized spacial score (nSPS) is 9.56. The molecule has 2 N–H and O–H groups in total. The minimum Gasteiger partial charge on any atom is -0.319 e. The number of nitro groups is 1. The first kappa shape index (κ1) is 14.0. The molecule has 94 valence electrons. The van der Waals surface area contributed by atoms with Crippen molar-refractivity contribution in [3.8, 4) is 12.3 Å². The Morgan fingerprint density at radius 1 is 1.56 bits per heavy atom. The first-order valence-corrected chi connectivity index (χ1v) is 5.30. The molecule has 0 aliphatic carbocycles. The van der Waals surface area contributed by atoms with Crippen molar-refractivity contribution in [2.24, 2.45) is 0 Å². The number of terminal acetylenes is 1. The zero-order valence-corrected chi connectivity index (χ0v) is 10.0. The Balaban J connectivity index is 2.75. The van der Waals surface area contributed by atoms with Crippen molar-refractivity contribution in [3.05, 3.63) is 33.3 Å². The second kappa shape index (κ2) is 6.59. The Morgan fingerprint density at radius 2 is 2.28 bits per heavy atom. The van der Waals surface area contributed by atoms with E-state index < -0.39 is 10.8 Å². The number of benzene rings is 1. The molecule has 0 saturated carbocycles. The average Bonchev–Trinajstić information content (AvgIpc) is 2.31. The smallest absolute Gasteiger partial charge is 0.294 e. The van der Waals surface area contributed by atoms with Crippen molar-refractivity contribution in [2.75, 3.05) is 18.4 Å². The molecule has 0 aromatic heterocycles. The van der Waals surface area contributed by atoms with Gasteiger partial charge in [-0.3, -0.25) is 20.2 Å². The number of rotatable bonds is 5. The third kappa shape index (κ3) is 4.05. The largest absolute Gasteiger partial charge is 0.319 e. The lowest BCUT2D eigenvalue weighted by Crippen LogP contribution is -2.28. The van der Waals surface area contributed by atoms with E-state index in [9.17, 15) is 14.9 Å². The molecule has 0 spiro atoms. The summed E-state index contributed by atoms with van der Waals surface area (Å²) < 4.78 is 0. The van der Waals surface area contributed by atoms with Gasteiger partial charge in [0.05, 0.1) is 18.0 Å². The fourth-order valence-corrected chi connectivity index (χ4v) is 1.37. The van der Waals surface area contributed by atoms with E-state index >= 15 is 0 Å². The van der Waals surface area contributed by atoms with E-state index in [1.54, 1.807) is 0 Å². The molecule has 1 aromatic rings. The van der Waals surface area contributed by atoms with Gasteiger partial charge in [0.1, 0.15) is 5.69 Å². The molecule has 0 bridgehead atoms. The molecule has 1 aromatic carbocycles. The van der Waals surface area contributed by atoms with E-state index in [1.807, 2.05) is 0 Å². The SMILES string of the molecule is C#CCNCC(=O)Nc1ccc(Cl)cc1[N+](=O)[O-]. The highest BCUT2D eigenvalue weighted by molar-refractivity contribution is 6.31. The van der Waals surface area contributed by atoms with Crippen LogP contribution in [0, 0.1) is 22.5 Å². The van der Waals surface area contributed by atoms with Gasteiger partial charge in [-0.15, -0.1) is 6.42 Å². The summed E-state index contributed by atoms with van der Waals surface area (Å²) in [6.45, 7) is 0.222. The van der Waals surface area contributed by atoms with Crippen LogP contribution < -0.4 is 10.6 Å². The maximum atomic E-state index is 11.4. The summed E-state index contributed by atoms with van der Waals surface area (Å²) in [5.74, 6) is 1.89. The van der Waals surface area contributed by atoms with Crippen LogP contribution in [-0.4, -0.2) is 23.9 Å². The molecule has 0 aliphatic rings. The van der Waals surface area contributed by atoms with Crippen LogP contribution in [0.5, 0.6) is 0 Å². The third-order valence-electron chi connectivity index (χ3n) is 1.94. The van der Waals surface area contributed by atoms with Crippen molar-refractivity contribution in [2.45, 2.75) is 0 Å². The summed E-state index contributed by atoms with van der Waals surface area (Å²) in [6, 6.07) is 4.00. The Morgan fingerprint density at radius 3 is 2.89 bits per heavy atom. The molecular weight excluding hydrogens is 258 g/mol. The van der Waals surface area contributed by atoms with Gasteiger partial charge in [0.15, 0.2) is 0 Å². The number of nitro benzene ring substituents is 1. The minimum atomic E-state index is -0.615. The number of nitrogens with zero attached hydrogens (tertiary/aromatic N) is 1. The van der Waals surface area contributed by atoms with E-state index in [4.69, 9.17) is 18.0 Å². The van der Waals surface area contributed by atoms with Crippen LogP contribution in [0.3, 0.4) is 0 Å². The predicted octanol–water partition coefficient (Wildman–Crippen LogP) is 1.41. The monoisotopic (exact) mass is 267 g/mol. The summed E-state index contributed by atoms with van der Waals surface area (Å²) in [5, 5.41) is 16.1. The van der Waals surface area contributed by atoms with Crippen LogP contribution in [0.1, 0.15) is 0 Å².